The van der Waals surface area contributed by atoms with Crippen molar-refractivity contribution in [2.24, 2.45) is 0 Å². The van der Waals surface area contributed by atoms with Gasteiger partial charge in [0.05, 0.1) is 17.1 Å². The van der Waals surface area contributed by atoms with E-state index < -0.39 is 10.0 Å². The third kappa shape index (κ3) is 1.66. The molecule has 1 aliphatic carbocycles. The van der Waals surface area contributed by atoms with Crippen LogP contribution in [0, 0.1) is 0 Å². The molecule has 1 aliphatic rings. The Morgan fingerprint density at radius 2 is 2.29 bits per heavy atom. The maximum Gasteiger partial charge on any atom is 0.258 e. The second-order valence-corrected chi connectivity index (χ2v) is 5.65. The Kier molecular flexibility index (Phi) is 2.30. The van der Waals surface area contributed by atoms with Gasteiger partial charge in [0.1, 0.15) is 0 Å². The molecule has 0 atom stereocenters. The van der Waals surface area contributed by atoms with Gasteiger partial charge in [-0.25, -0.2) is 8.42 Å². The van der Waals surface area contributed by atoms with Crippen LogP contribution in [0.3, 0.4) is 0 Å². The van der Waals surface area contributed by atoms with Crippen molar-refractivity contribution in [1.29, 1.82) is 0 Å². The van der Waals surface area contributed by atoms with E-state index in [2.05, 4.69) is 10.3 Å². The molecule has 1 saturated carbocycles. The van der Waals surface area contributed by atoms with Gasteiger partial charge in [0.2, 0.25) is 0 Å². The summed E-state index contributed by atoms with van der Waals surface area (Å²) in [6, 6.07) is 0. The number of aryl methyl sites for hydroxylation is 1. The predicted octanol–water partition coefficient (Wildman–Crippen LogP) is 0.571. The van der Waals surface area contributed by atoms with Crippen molar-refractivity contribution in [2.45, 2.75) is 37.9 Å². The zero-order valence-electron chi connectivity index (χ0n) is 8.05. The van der Waals surface area contributed by atoms with Crippen LogP contribution in [-0.4, -0.2) is 28.1 Å². The number of rotatable bonds is 4. The molecular weight excluding hydrogens is 202 g/mol. The summed E-state index contributed by atoms with van der Waals surface area (Å²) in [6.45, 7) is 2.02. The van der Waals surface area contributed by atoms with Gasteiger partial charge in [-0.2, -0.15) is 0 Å². The first-order valence-corrected chi connectivity index (χ1v) is 6.30. The highest BCUT2D eigenvalue weighted by atomic mass is 32.2. The minimum absolute atomic E-state index is 0.223. The molecule has 1 aromatic rings. The smallest absolute Gasteiger partial charge is 0.204 e. The molecule has 78 valence electrons. The van der Waals surface area contributed by atoms with E-state index in [0.717, 1.165) is 35.5 Å². The average molecular weight is 215 g/mol. The molecule has 14 heavy (non-hydrogen) atoms. The maximum atomic E-state index is 11.7. The highest BCUT2D eigenvalue weighted by Crippen LogP contribution is 2.29. The molecular formula is C8H13N3O2S. The SMILES string of the molecule is CCCc1cn(S(=O)(=O)C2CC2)nn1. The van der Waals surface area contributed by atoms with E-state index in [0.29, 0.717) is 0 Å². The Balaban J connectivity index is 2.23. The van der Waals surface area contributed by atoms with Crippen LogP contribution in [0.5, 0.6) is 0 Å². The molecule has 0 unspecified atom stereocenters. The van der Waals surface area contributed by atoms with Gasteiger partial charge in [0.15, 0.2) is 0 Å². The van der Waals surface area contributed by atoms with Gasteiger partial charge < -0.3 is 0 Å². The molecule has 0 amide bonds. The Labute approximate surface area is 83.2 Å². The summed E-state index contributed by atoms with van der Waals surface area (Å²) < 4.78 is 24.4. The number of hydrogen-bond donors (Lipinski definition) is 0. The fraction of sp³-hybridized carbons (Fsp3) is 0.750. The quantitative estimate of drug-likeness (QED) is 0.736. The van der Waals surface area contributed by atoms with Gasteiger partial charge in [-0.05, 0) is 19.3 Å². The zero-order valence-corrected chi connectivity index (χ0v) is 8.87. The molecule has 0 aliphatic heterocycles. The molecule has 0 radical (unpaired) electrons. The molecule has 5 nitrogen and oxygen atoms in total. The van der Waals surface area contributed by atoms with Crippen molar-refractivity contribution >= 4 is 10.0 Å². The van der Waals surface area contributed by atoms with E-state index in [9.17, 15) is 8.42 Å². The van der Waals surface area contributed by atoms with Gasteiger partial charge in [0, 0.05) is 0 Å². The van der Waals surface area contributed by atoms with Crippen LogP contribution in [-0.2, 0) is 16.4 Å². The highest BCUT2D eigenvalue weighted by Gasteiger charge is 2.37. The summed E-state index contributed by atoms with van der Waals surface area (Å²) in [5, 5.41) is 7.24. The van der Waals surface area contributed by atoms with Crippen LogP contribution in [0.4, 0.5) is 0 Å². The van der Waals surface area contributed by atoms with Crippen molar-refractivity contribution in [3.63, 3.8) is 0 Å². The summed E-state index contributed by atoms with van der Waals surface area (Å²) in [5.41, 5.74) is 0.747. The topological polar surface area (TPSA) is 64.8 Å². The zero-order chi connectivity index (χ0) is 10.2. The highest BCUT2D eigenvalue weighted by molar-refractivity contribution is 7.90. The van der Waals surface area contributed by atoms with Crippen molar-refractivity contribution in [3.8, 4) is 0 Å². The molecule has 1 heterocycles. The largest absolute Gasteiger partial charge is 0.258 e. The molecule has 0 N–H and O–H groups in total. The van der Waals surface area contributed by atoms with Crippen LogP contribution in [0.25, 0.3) is 0 Å². The number of nitrogens with zero attached hydrogens (tertiary/aromatic N) is 3. The third-order valence-corrected chi connectivity index (χ3v) is 4.25. The standard InChI is InChI=1S/C8H13N3O2S/c1-2-3-7-6-11(10-9-7)14(12,13)8-4-5-8/h6,8H,2-5H2,1H3. The fourth-order valence-corrected chi connectivity index (χ4v) is 2.74. The second kappa shape index (κ2) is 3.34. The predicted molar refractivity (Wildman–Crippen MR) is 51.4 cm³/mol. The monoisotopic (exact) mass is 215 g/mol. The first-order chi connectivity index (χ1) is 6.64. The minimum atomic E-state index is -3.22. The molecule has 2 rings (SSSR count). The number of aromatic nitrogens is 3. The van der Waals surface area contributed by atoms with E-state index in [1.54, 1.807) is 0 Å². The molecule has 0 saturated heterocycles. The van der Waals surface area contributed by atoms with Crippen molar-refractivity contribution in [3.05, 3.63) is 11.9 Å². The van der Waals surface area contributed by atoms with Gasteiger partial charge in [-0.3, -0.25) is 0 Å². The van der Waals surface area contributed by atoms with E-state index in [1.165, 1.54) is 6.20 Å². The summed E-state index contributed by atoms with van der Waals surface area (Å²) in [7, 11) is -3.22. The van der Waals surface area contributed by atoms with Crippen molar-refractivity contribution in [2.75, 3.05) is 0 Å². The molecule has 0 aromatic carbocycles. The maximum absolute atomic E-state index is 11.7. The first kappa shape index (κ1) is 9.64. The summed E-state index contributed by atoms with van der Waals surface area (Å²) in [6.07, 6.45) is 4.76. The van der Waals surface area contributed by atoms with E-state index >= 15 is 0 Å². The molecule has 0 spiro atoms. The van der Waals surface area contributed by atoms with Crippen LogP contribution in [0.15, 0.2) is 6.20 Å². The lowest BCUT2D eigenvalue weighted by molar-refractivity contribution is 0.576. The minimum Gasteiger partial charge on any atom is -0.204 e. The van der Waals surface area contributed by atoms with Crippen LogP contribution in [0.1, 0.15) is 31.9 Å². The molecule has 1 aromatic heterocycles. The van der Waals surface area contributed by atoms with Crippen molar-refractivity contribution < 1.29 is 8.42 Å². The number of hydrogen-bond acceptors (Lipinski definition) is 4. The normalized spacial score (nSPS) is 17.2. The van der Waals surface area contributed by atoms with E-state index in [1.807, 2.05) is 6.92 Å². The van der Waals surface area contributed by atoms with Crippen molar-refractivity contribution in [1.82, 2.24) is 14.4 Å². The lowest BCUT2D eigenvalue weighted by Gasteiger charge is -1.98. The molecule has 6 heteroatoms. The summed E-state index contributed by atoms with van der Waals surface area (Å²) in [5.74, 6) is 0. The van der Waals surface area contributed by atoms with Gasteiger partial charge >= 0.3 is 0 Å². The Bertz CT molecular complexity index is 420. The fourth-order valence-electron chi connectivity index (χ4n) is 1.29. The van der Waals surface area contributed by atoms with Crippen LogP contribution < -0.4 is 0 Å². The average Bonchev–Trinajstić information content (AvgIpc) is 2.89. The Hall–Kier alpha value is -0.910. The molecule has 0 bridgehead atoms. The summed E-state index contributed by atoms with van der Waals surface area (Å²) >= 11 is 0. The second-order valence-electron chi connectivity index (χ2n) is 3.58. The van der Waals surface area contributed by atoms with Gasteiger partial charge in [0.25, 0.3) is 10.0 Å². The summed E-state index contributed by atoms with van der Waals surface area (Å²) in [4.78, 5) is 0. The molecule has 1 fully saturated rings. The third-order valence-electron chi connectivity index (χ3n) is 2.23. The van der Waals surface area contributed by atoms with Gasteiger partial charge in [-0.1, -0.05) is 18.6 Å². The van der Waals surface area contributed by atoms with Crippen LogP contribution >= 0.6 is 0 Å². The Morgan fingerprint density at radius 3 is 2.86 bits per heavy atom. The lowest BCUT2D eigenvalue weighted by Crippen LogP contribution is -2.17. The van der Waals surface area contributed by atoms with E-state index in [-0.39, 0.29) is 5.25 Å². The lowest BCUT2D eigenvalue weighted by atomic mass is 10.3. The van der Waals surface area contributed by atoms with Gasteiger partial charge in [-0.15, -0.1) is 9.19 Å². The van der Waals surface area contributed by atoms with Crippen LogP contribution in [0.2, 0.25) is 0 Å². The Morgan fingerprint density at radius 1 is 1.57 bits per heavy atom. The van der Waals surface area contributed by atoms with E-state index in [4.69, 9.17) is 0 Å². The first-order valence-electron chi connectivity index (χ1n) is 4.80.